The zero-order chi connectivity index (χ0) is 31.6. The van der Waals surface area contributed by atoms with Crippen LogP contribution in [0.2, 0.25) is 0 Å². The van der Waals surface area contributed by atoms with E-state index in [1.54, 1.807) is 27.7 Å². The van der Waals surface area contributed by atoms with Gasteiger partial charge in [-0.05, 0) is 80.9 Å². The second-order valence-electron chi connectivity index (χ2n) is 13.6. The Bertz CT molecular complexity index is 841. The van der Waals surface area contributed by atoms with Gasteiger partial charge in [-0.25, -0.2) is 0 Å². The maximum Gasteiger partial charge on any atom is 0.311 e. The van der Waals surface area contributed by atoms with E-state index >= 15 is 0 Å². The maximum absolute atomic E-state index is 13.3. The van der Waals surface area contributed by atoms with Gasteiger partial charge in [0.2, 0.25) is 0 Å². The van der Waals surface area contributed by atoms with Gasteiger partial charge in [-0.15, -0.1) is 0 Å². The highest BCUT2D eigenvalue weighted by Gasteiger charge is 2.49. The van der Waals surface area contributed by atoms with Crippen LogP contribution in [-0.2, 0) is 19.0 Å². The monoisotopic (exact) mass is 590 g/mol. The van der Waals surface area contributed by atoms with Gasteiger partial charge in [0.15, 0.2) is 6.29 Å². The molecule has 2 aliphatic heterocycles. The van der Waals surface area contributed by atoms with Crippen LogP contribution < -0.4 is 0 Å². The van der Waals surface area contributed by atoms with E-state index in [1.807, 2.05) is 44.8 Å². The van der Waals surface area contributed by atoms with Gasteiger partial charge in [-0.1, -0.05) is 20.8 Å². The summed E-state index contributed by atoms with van der Waals surface area (Å²) in [6.07, 6.45) is -5.74. The highest BCUT2D eigenvalue weighted by Crippen LogP contribution is 2.36. The standard InChI is InChI=1S/C30H58N2O9/c1-12-22-30(8,38)25(35)20(6)32(11)15-16(2)14-29(7,37)26(18(4)23(33)19(5)27(36)40-22)41-28-24(34)21(31(9)10)13-17(3)39-28/h16-26,28,33-35,37-38H,12-15H2,1-11H3/t16-,17?,18?,19?,20+,21?,22?,23+,24-,25+,26-,28?,29+,30-/m1/s1. The average molecular weight is 591 g/mol. The first kappa shape index (κ1) is 36.3. The van der Waals surface area contributed by atoms with Crippen molar-refractivity contribution in [3.63, 3.8) is 0 Å². The van der Waals surface area contributed by atoms with E-state index in [-0.39, 0.29) is 30.9 Å². The molecule has 0 bridgehead atoms. The molecule has 11 nitrogen and oxygen atoms in total. The van der Waals surface area contributed by atoms with Crippen molar-refractivity contribution < 1.29 is 44.5 Å². The van der Waals surface area contributed by atoms with Crippen LogP contribution >= 0.6 is 0 Å². The van der Waals surface area contributed by atoms with Gasteiger partial charge in [0.1, 0.15) is 23.9 Å². The lowest BCUT2D eigenvalue weighted by molar-refractivity contribution is -0.299. The number of aliphatic hydroxyl groups excluding tert-OH is 3. The Morgan fingerprint density at radius 1 is 1.05 bits per heavy atom. The van der Waals surface area contributed by atoms with Gasteiger partial charge >= 0.3 is 5.97 Å². The predicted molar refractivity (Wildman–Crippen MR) is 155 cm³/mol. The molecule has 2 saturated heterocycles. The highest BCUT2D eigenvalue weighted by molar-refractivity contribution is 5.73. The van der Waals surface area contributed by atoms with Gasteiger partial charge in [0.25, 0.3) is 0 Å². The molecule has 41 heavy (non-hydrogen) atoms. The van der Waals surface area contributed by atoms with Crippen molar-refractivity contribution >= 4 is 5.97 Å². The van der Waals surface area contributed by atoms with Gasteiger partial charge in [-0.3, -0.25) is 4.79 Å². The zero-order valence-corrected chi connectivity index (χ0v) is 27.0. The Morgan fingerprint density at radius 2 is 1.63 bits per heavy atom. The molecular formula is C30H58N2O9. The normalized spacial score (nSPS) is 48.4. The smallest absolute Gasteiger partial charge is 0.311 e. The van der Waals surface area contributed by atoms with Crippen molar-refractivity contribution in [2.24, 2.45) is 17.8 Å². The Kier molecular flexibility index (Phi) is 12.6. The molecule has 2 rings (SSSR count). The van der Waals surface area contributed by atoms with Crippen molar-refractivity contribution in [1.82, 2.24) is 9.80 Å². The van der Waals surface area contributed by atoms with Crippen LogP contribution in [0.4, 0.5) is 0 Å². The molecule has 0 aromatic rings. The van der Waals surface area contributed by atoms with Gasteiger partial charge < -0.3 is 49.5 Å². The molecule has 0 aromatic carbocycles. The molecule has 0 radical (unpaired) electrons. The molecular weight excluding hydrogens is 532 g/mol. The van der Waals surface area contributed by atoms with Crippen LogP contribution in [0.25, 0.3) is 0 Å². The number of carbonyl (C=O) groups excluding carboxylic acids is 1. The van der Waals surface area contributed by atoms with Crippen LogP contribution in [0, 0.1) is 17.8 Å². The number of esters is 1. The second kappa shape index (κ2) is 14.3. The molecule has 2 aliphatic rings. The fraction of sp³-hybridized carbons (Fsp3) is 0.967. The molecule has 5 N–H and O–H groups in total. The second-order valence-corrected chi connectivity index (χ2v) is 13.6. The Morgan fingerprint density at radius 3 is 2.17 bits per heavy atom. The van der Waals surface area contributed by atoms with E-state index in [2.05, 4.69) is 0 Å². The number of cyclic esters (lactones) is 1. The van der Waals surface area contributed by atoms with E-state index in [0.717, 1.165) is 0 Å². The van der Waals surface area contributed by atoms with Gasteiger partial charge in [0.05, 0.1) is 29.8 Å². The number of carbonyl (C=O) groups is 1. The molecule has 0 saturated carbocycles. The summed E-state index contributed by atoms with van der Waals surface area (Å²) in [7, 11) is 5.58. The zero-order valence-electron chi connectivity index (χ0n) is 27.0. The summed E-state index contributed by atoms with van der Waals surface area (Å²) < 4.78 is 18.1. The van der Waals surface area contributed by atoms with Crippen LogP contribution in [-0.4, -0.2) is 135 Å². The predicted octanol–water partition coefficient (Wildman–Crippen LogP) is 0.976. The first-order valence-corrected chi connectivity index (χ1v) is 15.1. The third kappa shape index (κ3) is 8.39. The summed E-state index contributed by atoms with van der Waals surface area (Å²) in [5.74, 6) is -2.65. The summed E-state index contributed by atoms with van der Waals surface area (Å²) >= 11 is 0. The fourth-order valence-corrected chi connectivity index (χ4v) is 6.74. The van der Waals surface area contributed by atoms with Crippen molar-refractivity contribution in [1.29, 1.82) is 0 Å². The molecule has 0 amide bonds. The van der Waals surface area contributed by atoms with Crippen molar-refractivity contribution in [2.45, 2.75) is 141 Å². The van der Waals surface area contributed by atoms with Gasteiger partial charge in [-0.2, -0.15) is 0 Å². The van der Waals surface area contributed by atoms with Crippen molar-refractivity contribution in [3.05, 3.63) is 0 Å². The lowest BCUT2D eigenvalue weighted by Crippen LogP contribution is -2.59. The van der Waals surface area contributed by atoms with E-state index in [9.17, 15) is 30.3 Å². The summed E-state index contributed by atoms with van der Waals surface area (Å²) in [6.45, 7) is 14.2. The Labute approximate surface area is 246 Å². The first-order chi connectivity index (χ1) is 18.8. The van der Waals surface area contributed by atoms with E-state index in [1.165, 1.54) is 13.8 Å². The average Bonchev–Trinajstić information content (AvgIpc) is 2.87. The minimum Gasteiger partial charge on any atom is -0.459 e. The summed E-state index contributed by atoms with van der Waals surface area (Å²) in [5.41, 5.74) is -3.25. The van der Waals surface area contributed by atoms with Crippen molar-refractivity contribution in [2.75, 3.05) is 27.7 Å². The number of ether oxygens (including phenoxy) is 3. The Balaban J connectivity index is 2.52. The lowest BCUT2D eigenvalue weighted by atomic mass is 9.78. The molecule has 6 unspecified atom stereocenters. The molecule has 2 heterocycles. The van der Waals surface area contributed by atoms with E-state index in [0.29, 0.717) is 13.0 Å². The summed E-state index contributed by atoms with van der Waals surface area (Å²) in [6, 6.07) is -0.733. The minimum atomic E-state index is -1.75. The lowest BCUT2D eigenvalue weighted by Gasteiger charge is -2.46. The van der Waals surface area contributed by atoms with Gasteiger partial charge in [0, 0.05) is 24.5 Å². The van der Waals surface area contributed by atoms with E-state index < -0.39 is 71.9 Å². The molecule has 0 spiro atoms. The third-order valence-corrected chi connectivity index (χ3v) is 9.46. The largest absolute Gasteiger partial charge is 0.459 e. The number of nitrogens with zero attached hydrogens (tertiary/aromatic N) is 2. The first-order valence-electron chi connectivity index (χ1n) is 15.1. The Hall–Kier alpha value is -0.890. The number of likely N-dealkylation sites (N-methyl/N-ethyl adjacent to an activating group) is 2. The van der Waals surface area contributed by atoms with Crippen LogP contribution in [0.15, 0.2) is 0 Å². The van der Waals surface area contributed by atoms with Crippen molar-refractivity contribution in [3.8, 4) is 0 Å². The SMILES string of the molecule is CCC1OC(=O)C(C)[C@@H](O)C(C)[C@@H](OC2OC(C)CC(N(C)C)[C@H]2O)[C@@](C)(O)C[C@@H](C)CN(C)[C@@H](C)[C@H](O)[C@]1(C)O. The molecule has 11 heteroatoms. The maximum atomic E-state index is 13.3. The highest BCUT2D eigenvalue weighted by atomic mass is 16.7. The summed E-state index contributed by atoms with van der Waals surface area (Å²) in [5, 5.41) is 57.0. The number of aliphatic hydroxyl groups is 5. The topological polar surface area (TPSA) is 152 Å². The number of hydrogen-bond acceptors (Lipinski definition) is 11. The van der Waals surface area contributed by atoms with Crippen LogP contribution in [0.5, 0.6) is 0 Å². The molecule has 0 aliphatic carbocycles. The minimum absolute atomic E-state index is 0.0990. The third-order valence-electron chi connectivity index (χ3n) is 9.46. The number of rotatable bonds is 4. The molecule has 0 aromatic heterocycles. The molecule has 14 atom stereocenters. The molecule has 242 valence electrons. The quantitative estimate of drug-likeness (QED) is 0.298. The molecule has 2 fully saturated rings. The fourth-order valence-electron chi connectivity index (χ4n) is 6.74. The van der Waals surface area contributed by atoms with Crippen LogP contribution in [0.1, 0.15) is 74.7 Å². The number of hydrogen-bond donors (Lipinski definition) is 5. The van der Waals surface area contributed by atoms with Crippen LogP contribution in [0.3, 0.4) is 0 Å². The summed E-state index contributed by atoms with van der Waals surface area (Å²) in [4.78, 5) is 17.1. The van der Waals surface area contributed by atoms with E-state index in [4.69, 9.17) is 14.2 Å².